The van der Waals surface area contributed by atoms with Gasteiger partial charge in [-0.15, -0.1) is 11.3 Å². The first-order chi connectivity index (χ1) is 8.87. The zero-order chi connectivity index (χ0) is 14.2. The van der Waals surface area contributed by atoms with Gasteiger partial charge in [0.15, 0.2) is 0 Å². The van der Waals surface area contributed by atoms with Gasteiger partial charge in [-0.2, -0.15) is 4.31 Å². The van der Waals surface area contributed by atoms with E-state index in [1.54, 1.807) is 6.92 Å². The second-order valence-electron chi connectivity index (χ2n) is 4.48. The molecule has 0 bridgehead atoms. The topological polar surface area (TPSA) is 94.9 Å². The molecule has 0 amide bonds. The fourth-order valence-electron chi connectivity index (χ4n) is 2.22. The van der Waals surface area contributed by atoms with Crippen LogP contribution >= 0.6 is 11.3 Å². The number of carboxylic acid groups (broad SMARTS) is 1. The fraction of sp³-hybridized carbons (Fsp3) is 0.545. The second-order valence-corrected chi connectivity index (χ2v) is 7.65. The van der Waals surface area contributed by atoms with E-state index in [1.807, 2.05) is 0 Å². The van der Waals surface area contributed by atoms with Crippen molar-refractivity contribution in [1.82, 2.24) is 4.31 Å². The monoisotopic (exact) mass is 305 g/mol. The van der Waals surface area contributed by atoms with Gasteiger partial charge < -0.3 is 10.2 Å². The summed E-state index contributed by atoms with van der Waals surface area (Å²) < 4.78 is 26.1. The van der Waals surface area contributed by atoms with E-state index < -0.39 is 22.0 Å². The Kier molecular flexibility index (Phi) is 3.95. The molecular weight excluding hydrogens is 290 g/mol. The summed E-state index contributed by atoms with van der Waals surface area (Å²) in [4.78, 5) is 11.0. The van der Waals surface area contributed by atoms with E-state index in [1.165, 1.54) is 10.4 Å². The number of carbonyl (C=O) groups is 1. The lowest BCUT2D eigenvalue weighted by atomic mass is 10.2. The third-order valence-corrected chi connectivity index (χ3v) is 6.81. The molecule has 8 heteroatoms. The predicted molar refractivity (Wildman–Crippen MR) is 70.0 cm³/mol. The highest BCUT2D eigenvalue weighted by Gasteiger charge is 2.36. The molecule has 0 radical (unpaired) electrons. The lowest BCUT2D eigenvalue weighted by Crippen LogP contribution is -2.37. The van der Waals surface area contributed by atoms with Gasteiger partial charge in [0, 0.05) is 12.6 Å². The third kappa shape index (κ3) is 2.53. The van der Waals surface area contributed by atoms with Crippen LogP contribution in [0.2, 0.25) is 0 Å². The predicted octanol–water partition coefficient (Wildman–Crippen LogP) is 0.900. The van der Waals surface area contributed by atoms with Gasteiger partial charge in [-0.05, 0) is 31.4 Å². The third-order valence-electron chi connectivity index (χ3n) is 3.19. The Morgan fingerprint density at radius 1 is 1.58 bits per heavy atom. The Hall–Kier alpha value is -0.960. The Morgan fingerprint density at radius 2 is 2.26 bits per heavy atom. The van der Waals surface area contributed by atoms with Crippen molar-refractivity contribution in [1.29, 1.82) is 0 Å². The molecule has 0 aliphatic carbocycles. The molecule has 106 valence electrons. The van der Waals surface area contributed by atoms with Crippen molar-refractivity contribution >= 4 is 27.3 Å². The van der Waals surface area contributed by atoms with Crippen LogP contribution in [0.25, 0.3) is 0 Å². The molecule has 0 spiro atoms. The van der Waals surface area contributed by atoms with Crippen LogP contribution in [-0.2, 0) is 10.0 Å². The molecule has 1 atom stereocenters. The number of nitrogens with zero attached hydrogens (tertiary/aromatic N) is 1. The summed E-state index contributed by atoms with van der Waals surface area (Å²) in [5, 5.41) is 18.2. The van der Waals surface area contributed by atoms with Crippen LogP contribution in [0.1, 0.15) is 28.1 Å². The van der Waals surface area contributed by atoms with Crippen molar-refractivity contribution in [2.75, 3.05) is 13.2 Å². The minimum atomic E-state index is -3.71. The lowest BCUT2D eigenvalue weighted by molar-refractivity contribution is 0.0701. The zero-order valence-corrected chi connectivity index (χ0v) is 12.0. The van der Waals surface area contributed by atoms with Gasteiger partial charge >= 0.3 is 5.97 Å². The number of hydrogen-bond donors (Lipinski definition) is 2. The summed E-state index contributed by atoms with van der Waals surface area (Å²) >= 11 is 0.763. The average Bonchev–Trinajstić information content (AvgIpc) is 2.94. The molecular formula is C11H15NO5S2. The number of hydrogen-bond acceptors (Lipinski definition) is 5. The normalized spacial score (nSPS) is 20.8. The standard InChI is InChI=1S/C11H15NO5S2/c1-7-5-9(18-10(7)11(14)15)19(16,17)12-4-2-3-8(12)6-13/h5,8,13H,2-4,6H2,1H3,(H,14,15)/t8-/m0/s1. The Bertz CT molecular complexity index is 592. The number of aryl methyl sites for hydroxylation is 1. The van der Waals surface area contributed by atoms with Crippen molar-refractivity contribution in [2.24, 2.45) is 0 Å². The number of aliphatic hydroxyl groups is 1. The van der Waals surface area contributed by atoms with Gasteiger partial charge in [0.1, 0.15) is 9.09 Å². The summed E-state index contributed by atoms with van der Waals surface area (Å²) in [6.07, 6.45) is 1.34. The maximum atomic E-state index is 12.4. The number of rotatable bonds is 4. The molecule has 1 saturated heterocycles. The van der Waals surface area contributed by atoms with Crippen molar-refractivity contribution in [3.8, 4) is 0 Å². The highest BCUT2D eigenvalue weighted by Crippen LogP contribution is 2.32. The SMILES string of the molecule is Cc1cc(S(=O)(=O)N2CCC[C@H]2CO)sc1C(=O)O. The number of sulfonamides is 1. The fourth-order valence-corrected chi connectivity index (χ4v) is 5.41. The van der Waals surface area contributed by atoms with Crippen molar-refractivity contribution in [3.63, 3.8) is 0 Å². The van der Waals surface area contributed by atoms with Crippen molar-refractivity contribution < 1.29 is 23.4 Å². The molecule has 1 fully saturated rings. The minimum Gasteiger partial charge on any atom is -0.477 e. The quantitative estimate of drug-likeness (QED) is 0.862. The number of aromatic carboxylic acids is 1. The van der Waals surface area contributed by atoms with E-state index in [-0.39, 0.29) is 15.7 Å². The first kappa shape index (κ1) is 14.4. The number of aliphatic hydroxyl groups excluding tert-OH is 1. The van der Waals surface area contributed by atoms with E-state index in [0.717, 1.165) is 11.3 Å². The van der Waals surface area contributed by atoms with E-state index in [4.69, 9.17) is 5.11 Å². The molecule has 0 unspecified atom stereocenters. The van der Waals surface area contributed by atoms with Crippen LogP contribution in [0, 0.1) is 6.92 Å². The average molecular weight is 305 g/mol. The lowest BCUT2D eigenvalue weighted by Gasteiger charge is -2.21. The van der Waals surface area contributed by atoms with Crippen molar-refractivity contribution in [3.05, 3.63) is 16.5 Å². The second kappa shape index (κ2) is 5.20. The Balaban J connectivity index is 2.40. The highest BCUT2D eigenvalue weighted by atomic mass is 32.2. The highest BCUT2D eigenvalue weighted by molar-refractivity contribution is 7.91. The van der Waals surface area contributed by atoms with Gasteiger partial charge in [0.25, 0.3) is 10.0 Å². The zero-order valence-electron chi connectivity index (χ0n) is 10.4. The maximum absolute atomic E-state index is 12.4. The molecule has 19 heavy (non-hydrogen) atoms. The molecule has 6 nitrogen and oxygen atoms in total. The number of thiophene rings is 1. The Labute approximate surface area is 115 Å². The summed E-state index contributed by atoms with van der Waals surface area (Å²) in [7, 11) is -3.71. The van der Waals surface area contributed by atoms with E-state index in [9.17, 15) is 18.3 Å². The maximum Gasteiger partial charge on any atom is 0.346 e. The smallest absolute Gasteiger partial charge is 0.346 e. The van der Waals surface area contributed by atoms with E-state index in [2.05, 4.69) is 0 Å². The van der Waals surface area contributed by atoms with Crippen LogP contribution in [0.5, 0.6) is 0 Å². The van der Waals surface area contributed by atoms with Gasteiger partial charge in [-0.3, -0.25) is 0 Å². The molecule has 1 aromatic heterocycles. The molecule has 1 aliphatic rings. The van der Waals surface area contributed by atoms with Gasteiger partial charge in [-0.25, -0.2) is 13.2 Å². The van der Waals surface area contributed by atoms with Crippen LogP contribution in [0.4, 0.5) is 0 Å². The molecule has 0 aromatic carbocycles. The Morgan fingerprint density at radius 3 is 2.79 bits per heavy atom. The van der Waals surface area contributed by atoms with Crippen LogP contribution < -0.4 is 0 Å². The van der Waals surface area contributed by atoms with Crippen LogP contribution in [0.3, 0.4) is 0 Å². The summed E-state index contributed by atoms with van der Waals surface area (Å²) in [5.74, 6) is -1.12. The molecule has 2 N–H and O–H groups in total. The first-order valence-corrected chi connectivity index (χ1v) is 8.10. The van der Waals surface area contributed by atoms with Crippen LogP contribution in [0.15, 0.2) is 10.3 Å². The van der Waals surface area contributed by atoms with Gasteiger partial charge in [0.2, 0.25) is 0 Å². The van der Waals surface area contributed by atoms with Crippen LogP contribution in [-0.4, -0.2) is 48.1 Å². The largest absolute Gasteiger partial charge is 0.477 e. The molecule has 1 aromatic rings. The van der Waals surface area contributed by atoms with E-state index in [0.29, 0.717) is 24.9 Å². The first-order valence-electron chi connectivity index (χ1n) is 5.84. The summed E-state index contributed by atoms with van der Waals surface area (Å²) in [6.45, 7) is 1.73. The summed E-state index contributed by atoms with van der Waals surface area (Å²) in [6, 6.07) is 0.983. The van der Waals surface area contributed by atoms with Crippen molar-refractivity contribution in [2.45, 2.75) is 30.0 Å². The van der Waals surface area contributed by atoms with Gasteiger partial charge in [-0.1, -0.05) is 0 Å². The number of carboxylic acids is 1. The molecule has 2 rings (SSSR count). The van der Waals surface area contributed by atoms with Gasteiger partial charge in [0.05, 0.1) is 6.61 Å². The molecule has 0 saturated carbocycles. The summed E-state index contributed by atoms with van der Waals surface area (Å²) in [5.41, 5.74) is 0.441. The molecule has 1 aliphatic heterocycles. The molecule has 2 heterocycles. The minimum absolute atomic E-state index is 0.0303. The van der Waals surface area contributed by atoms with E-state index >= 15 is 0 Å².